The van der Waals surface area contributed by atoms with E-state index < -0.39 is 0 Å². The molecule has 0 saturated heterocycles. The van der Waals surface area contributed by atoms with E-state index in [2.05, 4.69) is 22.1 Å². The summed E-state index contributed by atoms with van der Waals surface area (Å²) in [5.74, 6) is 1.20. The SMILES string of the molecule is C=CCn1c(COc2ccc(Cl)cc2)nnc1SCC(=O)Nc1sccc1C#N. The van der Waals surface area contributed by atoms with Crippen LogP contribution in [0.25, 0.3) is 0 Å². The number of carbonyl (C=O) groups excluding carboxylic acids is 1. The van der Waals surface area contributed by atoms with Crippen LogP contribution in [0.15, 0.2) is 53.5 Å². The van der Waals surface area contributed by atoms with Gasteiger partial charge in [-0.3, -0.25) is 9.36 Å². The molecule has 0 aliphatic heterocycles. The molecule has 0 aliphatic rings. The fourth-order valence-corrected chi connectivity index (χ4v) is 3.96. The maximum Gasteiger partial charge on any atom is 0.235 e. The normalized spacial score (nSPS) is 10.3. The Balaban J connectivity index is 1.61. The molecule has 1 aromatic carbocycles. The van der Waals surface area contributed by atoms with Gasteiger partial charge in [0.05, 0.1) is 11.3 Å². The Morgan fingerprint density at radius 3 is 2.90 bits per heavy atom. The predicted molar refractivity (Wildman–Crippen MR) is 114 cm³/mol. The molecule has 2 aromatic heterocycles. The molecule has 29 heavy (non-hydrogen) atoms. The number of anilines is 1. The van der Waals surface area contributed by atoms with Gasteiger partial charge in [-0.15, -0.1) is 28.1 Å². The number of ether oxygens (including phenoxy) is 1. The summed E-state index contributed by atoms with van der Waals surface area (Å²) < 4.78 is 7.57. The van der Waals surface area contributed by atoms with Crippen molar-refractivity contribution in [1.29, 1.82) is 5.26 Å². The molecule has 148 valence electrons. The minimum absolute atomic E-state index is 0.135. The number of nitrogens with zero attached hydrogens (tertiary/aromatic N) is 4. The third-order valence-electron chi connectivity index (χ3n) is 3.66. The van der Waals surface area contributed by atoms with E-state index in [4.69, 9.17) is 21.6 Å². The molecule has 0 fully saturated rings. The Kier molecular flexibility index (Phi) is 7.30. The molecule has 0 bridgehead atoms. The number of hydrogen-bond donors (Lipinski definition) is 1. The van der Waals surface area contributed by atoms with E-state index in [1.165, 1.54) is 23.1 Å². The summed E-state index contributed by atoms with van der Waals surface area (Å²) >= 11 is 8.44. The minimum atomic E-state index is -0.221. The number of amides is 1. The lowest BCUT2D eigenvalue weighted by Crippen LogP contribution is -2.14. The van der Waals surface area contributed by atoms with Gasteiger partial charge in [0.25, 0.3) is 0 Å². The molecule has 1 amide bonds. The molecule has 0 spiro atoms. The summed E-state index contributed by atoms with van der Waals surface area (Å²) in [6.07, 6.45) is 1.73. The number of nitriles is 1. The van der Waals surface area contributed by atoms with Gasteiger partial charge in [0.2, 0.25) is 5.91 Å². The zero-order chi connectivity index (χ0) is 20.6. The van der Waals surface area contributed by atoms with Crippen LogP contribution < -0.4 is 10.1 Å². The number of allylic oxidation sites excluding steroid dienone is 1. The lowest BCUT2D eigenvalue weighted by atomic mass is 10.3. The fraction of sp³-hybridized carbons (Fsp3) is 0.158. The summed E-state index contributed by atoms with van der Waals surface area (Å²) in [6, 6.07) is 10.8. The smallest absolute Gasteiger partial charge is 0.235 e. The van der Waals surface area contributed by atoms with Gasteiger partial charge in [-0.05, 0) is 35.7 Å². The molecular weight excluding hydrogens is 430 g/mol. The van der Waals surface area contributed by atoms with Crippen molar-refractivity contribution in [2.75, 3.05) is 11.1 Å². The lowest BCUT2D eigenvalue weighted by molar-refractivity contribution is -0.113. The maximum absolute atomic E-state index is 12.2. The van der Waals surface area contributed by atoms with Crippen molar-refractivity contribution in [2.45, 2.75) is 18.3 Å². The Bertz CT molecular complexity index is 1040. The number of thiophene rings is 1. The van der Waals surface area contributed by atoms with Crippen LogP contribution in [0.1, 0.15) is 11.4 Å². The molecule has 10 heteroatoms. The van der Waals surface area contributed by atoms with E-state index in [1.807, 2.05) is 10.6 Å². The standard InChI is InChI=1S/C19H16ClN5O2S2/c1-2-8-25-16(11-27-15-5-3-14(20)4-6-15)23-24-19(25)29-12-17(26)22-18-13(10-21)7-9-28-18/h2-7,9H,1,8,11-12H2,(H,22,26). The Hall–Kier alpha value is -2.80. The number of rotatable bonds is 9. The largest absolute Gasteiger partial charge is 0.486 e. The van der Waals surface area contributed by atoms with Crippen molar-refractivity contribution in [1.82, 2.24) is 14.8 Å². The second-order valence-corrected chi connectivity index (χ2v) is 7.95. The van der Waals surface area contributed by atoms with Crippen LogP contribution in [-0.4, -0.2) is 26.4 Å². The van der Waals surface area contributed by atoms with E-state index >= 15 is 0 Å². The predicted octanol–water partition coefficient (Wildman–Crippen LogP) is 4.36. The third kappa shape index (κ3) is 5.60. The first-order chi connectivity index (χ1) is 14.1. The first-order valence-electron chi connectivity index (χ1n) is 8.42. The van der Waals surface area contributed by atoms with Gasteiger partial charge in [0, 0.05) is 11.6 Å². The summed E-state index contributed by atoms with van der Waals surface area (Å²) in [5, 5.41) is 23.6. The quantitative estimate of drug-likeness (QED) is 0.388. The fourth-order valence-electron chi connectivity index (χ4n) is 2.31. The van der Waals surface area contributed by atoms with Crippen LogP contribution in [0.4, 0.5) is 5.00 Å². The number of thioether (sulfide) groups is 1. The Morgan fingerprint density at radius 2 is 2.17 bits per heavy atom. The Morgan fingerprint density at radius 1 is 1.38 bits per heavy atom. The molecule has 2 heterocycles. The van der Waals surface area contributed by atoms with Gasteiger partial charge in [0.15, 0.2) is 11.0 Å². The van der Waals surface area contributed by atoms with Crippen molar-refractivity contribution in [3.63, 3.8) is 0 Å². The number of halogens is 1. The summed E-state index contributed by atoms with van der Waals surface area (Å²) in [5.41, 5.74) is 0.449. The maximum atomic E-state index is 12.2. The molecular formula is C19H16ClN5O2S2. The second-order valence-electron chi connectivity index (χ2n) is 5.65. The molecule has 7 nitrogen and oxygen atoms in total. The van der Waals surface area contributed by atoms with Crippen LogP contribution in [-0.2, 0) is 17.9 Å². The van der Waals surface area contributed by atoms with Crippen molar-refractivity contribution >= 4 is 45.6 Å². The molecule has 0 radical (unpaired) electrons. The minimum Gasteiger partial charge on any atom is -0.486 e. The molecule has 0 atom stereocenters. The van der Waals surface area contributed by atoms with Crippen LogP contribution in [0.5, 0.6) is 5.75 Å². The molecule has 0 aliphatic carbocycles. The monoisotopic (exact) mass is 445 g/mol. The zero-order valence-electron chi connectivity index (χ0n) is 15.2. The van der Waals surface area contributed by atoms with Crippen LogP contribution >= 0.6 is 34.7 Å². The van der Waals surface area contributed by atoms with E-state index in [0.29, 0.717) is 38.9 Å². The van der Waals surface area contributed by atoms with E-state index in [-0.39, 0.29) is 18.3 Å². The van der Waals surface area contributed by atoms with E-state index in [1.54, 1.807) is 41.8 Å². The van der Waals surface area contributed by atoms with Crippen molar-refractivity contribution in [3.05, 3.63) is 64.8 Å². The highest BCUT2D eigenvalue weighted by molar-refractivity contribution is 7.99. The number of nitrogens with one attached hydrogen (secondary N) is 1. The van der Waals surface area contributed by atoms with Gasteiger partial charge in [0.1, 0.15) is 23.4 Å². The van der Waals surface area contributed by atoms with Gasteiger partial charge in [-0.2, -0.15) is 5.26 Å². The molecule has 3 aromatic rings. The molecule has 1 N–H and O–H groups in total. The van der Waals surface area contributed by atoms with Gasteiger partial charge in [-0.25, -0.2) is 0 Å². The van der Waals surface area contributed by atoms with E-state index in [0.717, 1.165) is 0 Å². The van der Waals surface area contributed by atoms with Crippen molar-refractivity contribution < 1.29 is 9.53 Å². The summed E-state index contributed by atoms with van der Waals surface area (Å²) in [4.78, 5) is 12.2. The second kappa shape index (κ2) is 10.1. The van der Waals surface area contributed by atoms with Gasteiger partial charge >= 0.3 is 0 Å². The first-order valence-corrected chi connectivity index (χ1v) is 10.7. The average molecular weight is 446 g/mol. The van der Waals surface area contributed by atoms with Gasteiger partial charge < -0.3 is 10.1 Å². The highest BCUT2D eigenvalue weighted by Crippen LogP contribution is 2.24. The highest BCUT2D eigenvalue weighted by Gasteiger charge is 2.15. The lowest BCUT2D eigenvalue weighted by Gasteiger charge is -2.09. The van der Waals surface area contributed by atoms with Crippen molar-refractivity contribution in [2.24, 2.45) is 0 Å². The first kappa shape index (κ1) is 20.9. The number of carbonyl (C=O) groups is 1. The summed E-state index contributed by atoms with van der Waals surface area (Å²) in [6.45, 7) is 4.46. The van der Waals surface area contributed by atoms with Crippen LogP contribution in [0.2, 0.25) is 5.02 Å². The number of benzene rings is 1. The number of hydrogen-bond acceptors (Lipinski definition) is 7. The molecule has 0 unspecified atom stereocenters. The van der Waals surface area contributed by atoms with Crippen molar-refractivity contribution in [3.8, 4) is 11.8 Å². The Labute approximate surface area is 181 Å². The molecule has 0 saturated carbocycles. The average Bonchev–Trinajstić information content (AvgIpc) is 3.33. The summed E-state index contributed by atoms with van der Waals surface area (Å²) in [7, 11) is 0. The van der Waals surface area contributed by atoms with Crippen LogP contribution in [0.3, 0.4) is 0 Å². The zero-order valence-corrected chi connectivity index (χ0v) is 17.6. The highest BCUT2D eigenvalue weighted by atomic mass is 35.5. The van der Waals surface area contributed by atoms with Gasteiger partial charge in [-0.1, -0.05) is 29.4 Å². The third-order valence-corrected chi connectivity index (χ3v) is 5.71. The van der Waals surface area contributed by atoms with Crippen LogP contribution in [0, 0.1) is 11.3 Å². The van der Waals surface area contributed by atoms with E-state index in [9.17, 15) is 4.79 Å². The molecule has 3 rings (SSSR count). The topological polar surface area (TPSA) is 92.8 Å². The number of aromatic nitrogens is 3.